The Morgan fingerprint density at radius 3 is 2.83 bits per heavy atom. The predicted octanol–water partition coefficient (Wildman–Crippen LogP) is 3.59. The molecular formula is C17H25FN2O3. The van der Waals surface area contributed by atoms with Gasteiger partial charge in [0.25, 0.3) is 0 Å². The molecule has 1 aromatic carbocycles. The van der Waals surface area contributed by atoms with E-state index in [0.29, 0.717) is 13.1 Å². The van der Waals surface area contributed by atoms with Crippen LogP contribution in [0, 0.1) is 5.82 Å². The number of nitrogens with zero attached hydrogens (tertiary/aromatic N) is 2. The molecule has 5 nitrogen and oxygen atoms in total. The van der Waals surface area contributed by atoms with E-state index in [-0.39, 0.29) is 11.9 Å². The number of likely N-dealkylation sites (N-methyl/N-ethyl adjacent to an activating group) is 1. The van der Waals surface area contributed by atoms with Gasteiger partial charge in [-0.2, -0.15) is 0 Å². The molecule has 2 rings (SSSR count). The molecule has 128 valence electrons. The highest BCUT2D eigenvalue weighted by molar-refractivity contribution is 5.60. The number of carbonyl (C=O) groups excluding carboxylic acids is 1. The first-order valence-corrected chi connectivity index (χ1v) is 7.89. The Morgan fingerprint density at radius 1 is 1.43 bits per heavy atom. The number of ether oxygens (including phenoxy) is 1. The third-order valence-corrected chi connectivity index (χ3v) is 3.64. The molecule has 1 saturated heterocycles. The first-order valence-electron chi connectivity index (χ1n) is 7.89. The number of benzene rings is 1. The average Bonchev–Trinajstić information content (AvgIpc) is 2.83. The van der Waals surface area contributed by atoms with Gasteiger partial charge in [-0.3, -0.25) is 0 Å². The lowest BCUT2D eigenvalue weighted by atomic mass is 10.2. The molecule has 23 heavy (non-hydrogen) atoms. The van der Waals surface area contributed by atoms with Gasteiger partial charge in [0.1, 0.15) is 11.4 Å². The summed E-state index contributed by atoms with van der Waals surface area (Å²) in [4.78, 5) is 19.1. The molecule has 0 aliphatic carbocycles. The molecule has 6 heteroatoms. The van der Waals surface area contributed by atoms with E-state index in [2.05, 4.69) is 0 Å². The van der Waals surface area contributed by atoms with Gasteiger partial charge in [0.2, 0.25) is 0 Å². The molecular weight excluding hydrogens is 299 g/mol. The minimum Gasteiger partial charge on any atom is -0.427 e. The Kier molecular flexibility index (Phi) is 5.46. The van der Waals surface area contributed by atoms with Crippen LogP contribution in [0.2, 0.25) is 0 Å². The van der Waals surface area contributed by atoms with E-state index in [1.54, 1.807) is 31.9 Å². The van der Waals surface area contributed by atoms with Crippen molar-refractivity contribution in [2.75, 3.05) is 25.0 Å². The van der Waals surface area contributed by atoms with Gasteiger partial charge in [-0.15, -0.1) is 5.06 Å². The van der Waals surface area contributed by atoms with Gasteiger partial charge in [-0.1, -0.05) is 6.07 Å². The minimum absolute atomic E-state index is 0.0655. The quantitative estimate of drug-likeness (QED) is 0.792. The molecule has 0 aromatic heterocycles. The van der Waals surface area contributed by atoms with Gasteiger partial charge in [0.05, 0.1) is 6.04 Å². The third kappa shape index (κ3) is 5.39. The summed E-state index contributed by atoms with van der Waals surface area (Å²) in [6.07, 6.45) is 1.19. The summed E-state index contributed by atoms with van der Waals surface area (Å²) in [5.41, 5.74) is 0.221. The van der Waals surface area contributed by atoms with Crippen LogP contribution in [0.15, 0.2) is 24.3 Å². The zero-order valence-electron chi connectivity index (χ0n) is 14.2. The number of hydrogen-bond acceptors (Lipinski definition) is 5. The summed E-state index contributed by atoms with van der Waals surface area (Å²) < 4.78 is 18.5. The summed E-state index contributed by atoms with van der Waals surface area (Å²) in [6, 6.07) is 6.52. The molecule has 0 unspecified atom stereocenters. The fourth-order valence-electron chi connectivity index (χ4n) is 2.61. The van der Waals surface area contributed by atoms with Gasteiger partial charge in [0, 0.05) is 25.8 Å². The molecule has 1 aliphatic rings. The Hall–Kier alpha value is -1.82. The monoisotopic (exact) mass is 324 g/mol. The molecule has 1 heterocycles. The number of hydrogen-bond donors (Lipinski definition) is 0. The van der Waals surface area contributed by atoms with Gasteiger partial charge in [0.15, 0.2) is 0 Å². The van der Waals surface area contributed by atoms with Gasteiger partial charge in [-0.25, -0.2) is 9.18 Å². The SMILES string of the molecule is CN(C[C@H]1CCCN1OC(=O)OC(C)(C)C)c1cccc(F)c1. The van der Waals surface area contributed by atoms with Crippen LogP contribution >= 0.6 is 0 Å². The van der Waals surface area contributed by atoms with E-state index >= 15 is 0 Å². The van der Waals surface area contributed by atoms with Crippen molar-refractivity contribution in [2.45, 2.75) is 45.3 Å². The van der Waals surface area contributed by atoms with Crippen molar-refractivity contribution < 1.29 is 18.8 Å². The van der Waals surface area contributed by atoms with E-state index < -0.39 is 11.8 Å². The van der Waals surface area contributed by atoms with Crippen molar-refractivity contribution in [3.63, 3.8) is 0 Å². The number of anilines is 1. The van der Waals surface area contributed by atoms with Crippen LogP contribution in [-0.2, 0) is 9.57 Å². The zero-order valence-corrected chi connectivity index (χ0v) is 14.2. The highest BCUT2D eigenvalue weighted by Gasteiger charge is 2.31. The maximum Gasteiger partial charge on any atom is 0.528 e. The van der Waals surface area contributed by atoms with E-state index in [9.17, 15) is 9.18 Å². The molecule has 0 saturated carbocycles. The Morgan fingerprint density at radius 2 is 2.17 bits per heavy atom. The van der Waals surface area contributed by atoms with Crippen molar-refractivity contribution >= 4 is 11.8 Å². The molecule has 0 amide bonds. The first-order chi connectivity index (χ1) is 10.7. The highest BCUT2D eigenvalue weighted by Crippen LogP contribution is 2.22. The molecule has 1 aliphatic heterocycles. The van der Waals surface area contributed by atoms with Crippen LogP contribution in [0.1, 0.15) is 33.6 Å². The molecule has 0 spiro atoms. The highest BCUT2D eigenvalue weighted by atomic mass is 19.1. The lowest BCUT2D eigenvalue weighted by Gasteiger charge is -2.29. The summed E-state index contributed by atoms with van der Waals surface area (Å²) >= 11 is 0. The molecule has 1 fully saturated rings. The Bertz CT molecular complexity index is 545. The fraction of sp³-hybridized carbons (Fsp3) is 0.588. The van der Waals surface area contributed by atoms with Crippen molar-refractivity contribution in [1.29, 1.82) is 0 Å². The van der Waals surface area contributed by atoms with Crippen molar-refractivity contribution in [1.82, 2.24) is 5.06 Å². The topological polar surface area (TPSA) is 42.0 Å². The third-order valence-electron chi connectivity index (χ3n) is 3.64. The lowest BCUT2D eigenvalue weighted by molar-refractivity contribution is -0.148. The largest absolute Gasteiger partial charge is 0.528 e. The smallest absolute Gasteiger partial charge is 0.427 e. The lowest BCUT2D eigenvalue weighted by Crippen LogP contribution is -2.41. The van der Waals surface area contributed by atoms with Gasteiger partial charge >= 0.3 is 6.16 Å². The second kappa shape index (κ2) is 7.17. The maximum absolute atomic E-state index is 13.3. The number of rotatable bonds is 4. The summed E-state index contributed by atoms with van der Waals surface area (Å²) in [5, 5.41) is 1.67. The second-order valence-electron chi connectivity index (χ2n) is 6.85. The van der Waals surface area contributed by atoms with Crippen LogP contribution in [0.25, 0.3) is 0 Å². The number of hydroxylamine groups is 2. The molecule has 1 aromatic rings. The molecule has 0 N–H and O–H groups in total. The maximum atomic E-state index is 13.3. The first kappa shape index (κ1) is 17.5. The summed E-state index contributed by atoms with van der Waals surface area (Å²) in [7, 11) is 1.90. The van der Waals surface area contributed by atoms with E-state index in [1.165, 1.54) is 12.1 Å². The van der Waals surface area contributed by atoms with Gasteiger partial charge < -0.3 is 14.5 Å². The second-order valence-corrected chi connectivity index (χ2v) is 6.85. The number of carbonyl (C=O) groups is 1. The van der Waals surface area contributed by atoms with Crippen molar-refractivity contribution in [2.24, 2.45) is 0 Å². The molecule has 0 bridgehead atoms. The predicted molar refractivity (Wildman–Crippen MR) is 86.7 cm³/mol. The Balaban J connectivity index is 1.92. The average molecular weight is 324 g/mol. The van der Waals surface area contributed by atoms with Gasteiger partial charge in [-0.05, 0) is 51.8 Å². The zero-order chi connectivity index (χ0) is 17.0. The van der Waals surface area contributed by atoms with Crippen LogP contribution < -0.4 is 4.90 Å². The van der Waals surface area contributed by atoms with Crippen LogP contribution in [0.3, 0.4) is 0 Å². The fourth-order valence-corrected chi connectivity index (χ4v) is 2.61. The standard InChI is InChI=1S/C17H25FN2O3/c1-17(2,3)22-16(21)23-20-10-6-9-15(20)12-19(4)14-8-5-7-13(18)11-14/h5,7-8,11,15H,6,9-10,12H2,1-4H3/t15-/m1/s1. The van der Waals surface area contributed by atoms with Crippen LogP contribution in [-0.4, -0.2) is 43.0 Å². The normalized spacial score (nSPS) is 18.7. The van der Waals surface area contributed by atoms with E-state index in [0.717, 1.165) is 18.5 Å². The van der Waals surface area contributed by atoms with E-state index in [4.69, 9.17) is 9.57 Å². The van der Waals surface area contributed by atoms with Crippen molar-refractivity contribution in [3.8, 4) is 0 Å². The van der Waals surface area contributed by atoms with Crippen molar-refractivity contribution in [3.05, 3.63) is 30.1 Å². The summed E-state index contributed by atoms with van der Waals surface area (Å²) in [6.45, 7) is 6.72. The summed E-state index contributed by atoms with van der Waals surface area (Å²) in [5.74, 6) is -0.261. The van der Waals surface area contributed by atoms with Crippen LogP contribution in [0.5, 0.6) is 0 Å². The minimum atomic E-state index is -0.683. The Labute approximate surface area is 136 Å². The van der Waals surface area contributed by atoms with E-state index in [1.807, 2.05) is 18.0 Å². The number of halogens is 1. The molecule has 1 atom stereocenters. The molecule has 0 radical (unpaired) electrons. The van der Waals surface area contributed by atoms with Crippen LogP contribution in [0.4, 0.5) is 14.9 Å².